The van der Waals surface area contributed by atoms with Crippen molar-refractivity contribution in [2.24, 2.45) is 0 Å². The second-order valence-electron chi connectivity index (χ2n) is 13.5. The lowest BCUT2D eigenvalue weighted by Gasteiger charge is -2.11. The maximum Gasteiger partial charge on any atom is 0.335 e. The number of sulfonamides is 2. The van der Waals surface area contributed by atoms with E-state index >= 15 is 0 Å². The zero-order chi connectivity index (χ0) is 44.7. The number of carboxylic acid groups (broad SMARTS) is 2. The van der Waals surface area contributed by atoms with Gasteiger partial charge in [0, 0.05) is 11.4 Å². The molecule has 62 heavy (non-hydrogen) atoms. The minimum absolute atomic E-state index is 0.170. The SMILES string of the molecule is CC(C)c1ccc(S(=O)(=O)Nc2ccc(OCCOc3ccc(C(=O)O)cc3)cc2)cc1.O=C(O)c1ccc(OCCOc2ccc(NS(=O)(=O)c3cccc(F)c3)cc2)cc1. The summed E-state index contributed by atoms with van der Waals surface area (Å²) in [5.74, 6) is -0.166. The smallest absolute Gasteiger partial charge is 0.335 e. The van der Waals surface area contributed by atoms with Crippen LogP contribution in [0.15, 0.2) is 155 Å². The lowest BCUT2D eigenvalue weighted by atomic mass is 10.0. The van der Waals surface area contributed by atoms with Crippen LogP contribution in [0.4, 0.5) is 15.8 Å². The molecule has 0 spiro atoms. The normalized spacial score (nSPS) is 11.1. The molecule has 0 heterocycles. The number of carboxylic acids is 2. The number of hydrogen-bond donors (Lipinski definition) is 4. The van der Waals surface area contributed by atoms with Crippen molar-refractivity contribution in [1.29, 1.82) is 0 Å². The topological polar surface area (TPSA) is 204 Å². The summed E-state index contributed by atoms with van der Waals surface area (Å²) in [7, 11) is -7.57. The molecule has 0 unspecified atom stereocenters. The van der Waals surface area contributed by atoms with Crippen molar-refractivity contribution in [2.75, 3.05) is 35.9 Å². The van der Waals surface area contributed by atoms with E-state index in [-0.39, 0.29) is 47.3 Å². The van der Waals surface area contributed by atoms with Crippen LogP contribution in [0.3, 0.4) is 0 Å². The van der Waals surface area contributed by atoms with Crippen molar-refractivity contribution < 1.29 is 60.0 Å². The third kappa shape index (κ3) is 14.0. The van der Waals surface area contributed by atoms with E-state index in [1.54, 1.807) is 72.8 Å². The molecule has 0 aliphatic rings. The molecule has 0 amide bonds. The van der Waals surface area contributed by atoms with Gasteiger partial charge in [-0.3, -0.25) is 9.44 Å². The molecule has 4 N–H and O–H groups in total. The lowest BCUT2D eigenvalue weighted by Crippen LogP contribution is -2.13. The number of ether oxygens (including phenoxy) is 4. The van der Waals surface area contributed by atoms with Crippen LogP contribution in [0.2, 0.25) is 0 Å². The number of halogens is 1. The Labute approximate surface area is 358 Å². The Hall–Kier alpha value is -7.11. The van der Waals surface area contributed by atoms with Gasteiger partial charge in [0.1, 0.15) is 55.2 Å². The monoisotopic (exact) mass is 886 g/mol. The quantitative estimate of drug-likeness (QED) is 0.0565. The van der Waals surface area contributed by atoms with Crippen LogP contribution < -0.4 is 28.4 Å². The average Bonchev–Trinajstić information content (AvgIpc) is 3.25. The van der Waals surface area contributed by atoms with Crippen LogP contribution in [-0.4, -0.2) is 65.4 Å². The Kier molecular flexibility index (Phi) is 15.9. The van der Waals surface area contributed by atoms with Crippen LogP contribution in [0.5, 0.6) is 23.0 Å². The van der Waals surface area contributed by atoms with Crippen molar-refractivity contribution in [1.82, 2.24) is 0 Å². The molecule has 14 nitrogen and oxygen atoms in total. The molecule has 0 saturated carbocycles. The van der Waals surface area contributed by atoms with Gasteiger partial charge in [-0.05, 0) is 139 Å². The van der Waals surface area contributed by atoms with E-state index in [1.807, 2.05) is 12.1 Å². The summed E-state index contributed by atoms with van der Waals surface area (Å²) in [6.07, 6.45) is 0. The Morgan fingerprint density at radius 1 is 0.516 bits per heavy atom. The third-order valence-electron chi connectivity index (χ3n) is 8.62. The van der Waals surface area contributed by atoms with Gasteiger partial charge in [-0.25, -0.2) is 30.8 Å². The van der Waals surface area contributed by atoms with Gasteiger partial charge < -0.3 is 29.2 Å². The lowest BCUT2D eigenvalue weighted by molar-refractivity contribution is 0.0686. The zero-order valence-electron chi connectivity index (χ0n) is 33.4. The molecule has 6 aromatic carbocycles. The van der Waals surface area contributed by atoms with Crippen molar-refractivity contribution in [2.45, 2.75) is 29.6 Å². The van der Waals surface area contributed by atoms with Crippen LogP contribution in [0.1, 0.15) is 46.0 Å². The summed E-state index contributed by atoms with van der Waals surface area (Å²) in [5.41, 5.74) is 2.18. The number of hydrogen-bond acceptors (Lipinski definition) is 10. The molecule has 0 saturated heterocycles. The second-order valence-corrected chi connectivity index (χ2v) is 16.9. The van der Waals surface area contributed by atoms with Crippen molar-refractivity contribution in [3.8, 4) is 23.0 Å². The minimum Gasteiger partial charge on any atom is -0.490 e. The summed E-state index contributed by atoms with van der Waals surface area (Å²) in [6, 6.07) is 36.5. The van der Waals surface area contributed by atoms with E-state index in [0.29, 0.717) is 40.3 Å². The second kappa shape index (κ2) is 21.4. The Bertz CT molecular complexity index is 2630. The van der Waals surface area contributed by atoms with E-state index in [9.17, 15) is 30.8 Å². The maximum atomic E-state index is 13.3. The van der Waals surface area contributed by atoms with Gasteiger partial charge in [0.2, 0.25) is 0 Å². The van der Waals surface area contributed by atoms with Crippen molar-refractivity contribution in [3.63, 3.8) is 0 Å². The van der Waals surface area contributed by atoms with Gasteiger partial charge in [-0.1, -0.05) is 32.0 Å². The van der Waals surface area contributed by atoms with Crippen LogP contribution in [0.25, 0.3) is 0 Å². The minimum atomic E-state index is -3.90. The Balaban J connectivity index is 0.000000235. The van der Waals surface area contributed by atoms with E-state index in [2.05, 4.69) is 23.3 Å². The number of aromatic carboxylic acids is 2. The first-order chi connectivity index (χ1) is 29.6. The molecular formula is C45H43FN2O12S2. The predicted molar refractivity (Wildman–Crippen MR) is 230 cm³/mol. The summed E-state index contributed by atoms with van der Waals surface area (Å²) in [6.45, 7) is 5.11. The van der Waals surface area contributed by atoms with Gasteiger partial charge in [0.15, 0.2) is 0 Å². The third-order valence-corrected chi connectivity index (χ3v) is 11.4. The molecule has 0 aromatic heterocycles. The van der Waals surface area contributed by atoms with E-state index < -0.39 is 37.8 Å². The number of anilines is 2. The standard InChI is InChI=1S/C24H25NO6S.C21H18FNO6S/c1-17(2)18-5-13-23(14-6-18)32(28,29)25-20-7-11-22(12-8-20)31-16-15-30-21-9-3-19(4-10-21)24(26)27;22-16-2-1-3-20(14-16)30(26,27)23-17-6-10-19(11-7-17)29-13-12-28-18-8-4-15(5-9-18)21(24)25/h3-14,17,25H,15-16H2,1-2H3,(H,26,27);1-11,14,23H,12-13H2,(H,24,25). The molecule has 6 aromatic rings. The summed E-state index contributed by atoms with van der Waals surface area (Å²) < 4.78 is 90.0. The van der Waals surface area contributed by atoms with Crippen molar-refractivity contribution in [3.05, 3.63) is 168 Å². The van der Waals surface area contributed by atoms with Gasteiger partial charge in [-0.2, -0.15) is 0 Å². The molecule has 17 heteroatoms. The highest BCUT2D eigenvalue weighted by molar-refractivity contribution is 7.93. The Morgan fingerprint density at radius 2 is 0.871 bits per heavy atom. The fraction of sp³-hybridized carbons (Fsp3) is 0.156. The first kappa shape index (κ1) is 46.0. The largest absolute Gasteiger partial charge is 0.490 e. The highest BCUT2D eigenvalue weighted by Crippen LogP contribution is 2.23. The molecule has 0 aliphatic heterocycles. The molecule has 6 rings (SSSR count). The van der Waals surface area contributed by atoms with Gasteiger partial charge in [0.05, 0.1) is 20.9 Å². The van der Waals surface area contributed by atoms with Crippen LogP contribution in [-0.2, 0) is 20.0 Å². The first-order valence-electron chi connectivity index (χ1n) is 18.9. The summed E-state index contributed by atoms with van der Waals surface area (Å²) >= 11 is 0. The van der Waals surface area contributed by atoms with Crippen molar-refractivity contribution >= 4 is 43.4 Å². The summed E-state index contributed by atoms with van der Waals surface area (Å²) in [4.78, 5) is 21.7. The number of carbonyl (C=O) groups is 2. The first-order valence-corrected chi connectivity index (χ1v) is 21.8. The van der Waals surface area contributed by atoms with Gasteiger partial charge in [-0.15, -0.1) is 0 Å². The fourth-order valence-corrected chi connectivity index (χ4v) is 7.51. The van der Waals surface area contributed by atoms with Crippen LogP contribution >= 0.6 is 0 Å². The molecule has 0 atom stereocenters. The predicted octanol–water partition coefficient (Wildman–Crippen LogP) is 8.55. The molecular weight excluding hydrogens is 844 g/mol. The molecule has 0 radical (unpaired) electrons. The molecule has 0 bridgehead atoms. The van der Waals surface area contributed by atoms with Gasteiger partial charge in [0.25, 0.3) is 20.0 Å². The number of nitrogens with one attached hydrogen (secondary N) is 2. The maximum absolute atomic E-state index is 13.3. The highest BCUT2D eigenvalue weighted by atomic mass is 32.2. The number of benzene rings is 6. The van der Waals surface area contributed by atoms with E-state index in [1.165, 1.54) is 54.6 Å². The molecule has 324 valence electrons. The molecule has 0 aliphatic carbocycles. The highest BCUT2D eigenvalue weighted by Gasteiger charge is 2.16. The molecule has 0 fully saturated rings. The fourth-order valence-electron chi connectivity index (χ4n) is 5.36. The van der Waals surface area contributed by atoms with E-state index in [0.717, 1.165) is 11.6 Å². The average molecular weight is 887 g/mol. The van der Waals surface area contributed by atoms with Gasteiger partial charge >= 0.3 is 11.9 Å². The zero-order valence-corrected chi connectivity index (χ0v) is 35.1. The Morgan fingerprint density at radius 3 is 1.21 bits per heavy atom. The van der Waals surface area contributed by atoms with Crippen LogP contribution in [0, 0.1) is 5.82 Å². The number of rotatable bonds is 19. The van der Waals surface area contributed by atoms with E-state index in [4.69, 9.17) is 29.2 Å². The summed E-state index contributed by atoms with van der Waals surface area (Å²) in [5, 5.41) is 17.7.